The lowest BCUT2D eigenvalue weighted by molar-refractivity contribution is 0.627. The van der Waals surface area contributed by atoms with Crippen LogP contribution in [0.4, 0.5) is 0 Å². The summed E-state index contributed by atoms with van der Waals surface area (Å²) in [6.07, 6.45) is 6.12. The van der Waals surface area contributed by atoms with Crippen molar-refractivity contribution in [3.05, 3.63) is 46.4 Å². The van der Waals surface area contributed by atoms with Gasteiger partial charge in [-0.05, 0) is 11.6 Å². The van der Waals surface area contributed by atoms with Gasteiger partial charge < -0.3 is 0 Å². The lowest BCUT2D eigenvalue weighted by Crippen LogP contribution is -2.09. The molecule has 1 aliphatic carbocycles. The molecule has 0 bridgehead atoms. The fourth-order valence-corrected chi connectivity index (χ4v) is 1.76. The number of hydrogen-bond donors (Lipinski definition) is 1. The van der Waals surface area contributed by atoms with Crippen LogP contribution in [0.5, 0.6) is 0 Å². The van der Waals surface area contributed by atoms with Crippen molar-refractivity contribution in [1.82, 2.24) is 10.2 Å². The molecule has 0 atom stereocenters. The summed E-state index contributed by atoms with van der Waals surface area (Å²) in [4.78, 5) is 11.0. The molecule has 1 N–H and O–H groups in total. The fraction of sp³-hybridized carbons (Fsp3) is 0.100. The third-order valence-corrected chi connectivity index (χ3v) is 2.75. The number of hydrogen-bond acceptors (Lipinski definition) is 4. The first-order chi connectivity index (χ1) is 7.66. The molecule has 0 saturated carbocycles. The minimum absolute atomic E-state index is 0.186. The van der Waals surface area contributed by atoms with Crippen LogP contribution >= 0.6 is 0 Å². The normalized spacial score (nSPS) is 14.8. The van der Waals surface area contributed by atoms with Crippen molar-refractivity contribution in [3.8, 4) is 0 Å². The van der Waals surface area contributed by atoms with Crippen LogP contribution in [0.2, 0.25) is 0 Å². The van der Waals surface area contributed by atoms with E-state index in [9.17, 15) is 13.2 Å². The zero-order valence-corrected chi connectivity index (χ0v) is 8.91. The van der Waals surface area contributed by atoms with Gasteiger partial charge in [-0.1, -0.05) is 12.2 Å². The summed E-state index contributed by atoms with van der Waals surface area (Å²) in [6.45, 7) is 0. The lowest BCUT2D eigenvalue weighted by Gasteiger charge is -2.06. The summed E-state index contributed by atoms with van der Waals surface area (Å²) in [6, 6.07) is 2.90. The van der Waals surface area contributed by atoms with Crippen molar-refractivity contribution < 1.29 is 8.42 Å². The molecule has 5 nitrogen and oxygen atoms in total. The van der Waals surface area contributed by atoms with E-state index in [2.05, 4.69) is 16.3 Å². The quantitative estimate of drug-likeness (QED) is 0.693. The number of aromatic nitrogens is 2. The summed E-state index contributed by atoms with van der Waals surface area (Å²) in [5, 5.41) is 6.13. The zero-order valence-electron chi connectivity index (χ0n) is 8.10. The molecule has 0 spiro atoms. The lowest BCUT2D eigenvalue weighted by atomic mass is 10.0. The molecule has 0 fully saturated rings. The number of rotatable bonds is 1. The van der Waals surface area contributed by atoms with Gasteiger partial charge in [0.25, 0.3) is 5.56 Å². The Hall–Kier alpha value is -1.95. The van der Waals surface area contributed by atoms with E-state index in [-0.39, 0.29) is 16.8 Å². The highest BCUT2D eigenvalue weighted by Crippen LogP contribution is 2.18. The maximum Gasteiger partial charge on any atom is 0.264 e. The molecule has 1 heterocycles. The van der Waals surface area contributed by atoms with E-state index in [1.54, 1.807) is 12.1 Å². The molecule has 2 rings (SSSR count). The Kier molecular flexibility index (Phi) is 2.82. The predicted octanol–water partition coefficient (Wildman–Crippen LogP) is -0.0321. The van der Waals surface area contributed by atoms with Crippen molar-refractivity contribution in [2.24, 2.45) is 0 Å². The number of nitrogens with one attached hydrogen (secondary N) is 1. The molecule has 0 aliphatic heterocycles. The van der Waals surface area contributed by atoms with Crippen molar-refractivity contribution in [1.29, 1.82) is 0 Å². The van der Waals surface area contributed by atoms with Crippen LogP contribution < -0.4 is 5.56 Å². The van der Waals surface area contributed by atoms with Crippen LogP contribution in [-0.2, 0) is 10.3 Å². The third-order valence-electron chi connectivity index (χ3n) is 2.09. The average Bonchev–Trinajstić information content (AvgIpc) is 2.30. The Morgan fingerprint density at radius 2 is 2.19 bits per heavy atom. The zero-order chi connectivity index (χ0) is 11.5. The molecule has 81 valence electrons. The van der Waals surface area contributed by atoms with Crippen molar-refractivity contribution in [3.63, 3.8) is 0 Å². The van der Waals surface area contributed by atoms with Gasteiger partial charge >= 0.3 is 0 Å². The van der Waals surface area contributed by atoms with Crippen LogP contribution in [0.3, 0.4) is 0 Å². The van der Waals surface area contributed by atoms with E-state index in [1.165, 1.54) is 12.1 Å². The molecule has 0 unspecified atom stereocenters. The van der Waals surface area contributed by atoms with E-state index in [4.69, 9.17) is 0 Å². The van der Waals surface area contributed by atoms with Crippen molar-refractivity contribution in [2.45, 2.75) is 6.42 Å². The average molecular weight is 235 g/mol. The molecule has 0 aromatic carbocycles. The molecule has 6 heteroatoms. The van der Waals surface area contributed by atoms with Gasteiger partial charge in [0.1, 0.15) is 0 Å². The van der Waals surface area contributed by atoms with Gasteiger partial charge in [0.2, 0.25) is 10.3 Å². The summed E-state index contributed by atoms with van der Waals surface area (Å²) < 4.78 is 21.5. The van der Waals surface area contributed by atoms with Crippen molar-refractivity contribution in [2.75, 3.05) is 0 Å². The van der Waals surface area contributed by atoms with E-state index in [0.29, 0.717) is 5.69 Å². The molecule has 1 radical (unpaired) electrons. The molecule has 0 amide bonds. The molecular formula is C10H7N2O3S. The van der Waals surface area contributed by atoms with Crippen LogP contribution in [0.15, 0.2) is 29.1 Å². The molecule has 1 aromatic heterocycles. The smallest absolute Gasteiger partial charge is 0.264 e. The fourth-order valence-electron chi connectivity index (χ4n) is 1.32. The standard InChI is InChI=1S/C10H7N2O3S/c13-10-5-4-9(11-12-10)7-2-1-3-8(6-7)16(14)15/h1-2,4-5H,6H2,(H,12,13). The Morgan fingerprint density at radius 3 is 2.81 bits per heavy atom. The van der Waals surface area contributed by atoms with Gasteiger partial charge in [-0.3, -0.25) is 4.79 Å². The number of allylic oxidation sites excluding steroid dienone is 4. The highest BCUT2D eigenvalue weighted by molar-refractivity contribution is 7.73. The van der Waals surface area contributed by atoms with E-state index >= 15 is 0 Å². The Labute approximate surface area is 92.7 Å². The number of aromatic amines is 1. The monoisotopic (exact) mass is 235 g/mol. The topological polar surface area (TPSA) is 79.9 Å². The largest absolute Gasteiger partial charge is 0.268 e. The van der Waals surface area contributed by atoms with Gasteiger partial charge in [0.05, 0.1) is 10.6 Å². The SMILES string of the molecule is O=c1ccc(C2=CC=[C]C(=S(=O)=O)C2)n[nH]1. The molecule has 16 heavy (non-hydrogen) atoms. The molecular weight excluding hydrogens is 228 g/mol. The minimum atomic E-state index is -2.27. The van der Waals surface area contributed by atoms with Gasteiger partial charge in [-0.2, -0.15) is 13.5 Å². The number of H-pyrrole nitrogens is 1. The van der Waals surface area contributed by atoms with Gasteiger partial charge in [0, 0.05) is 18.6 Å². The summed E-state index contributed by atoms with van der Waals surface area (Å²) in [5.41, 5.74) is 0.994. The third kappa shape index (κ3) is 2.17. The minimum Gasteiger partial charge on any atom is -0.268 e. The number of nitrogens with zero attached hydrogens (tertiary/aromatic N) is 1. The first-order valence-electron chi connectivity index (χ1n) is 4.47. The van der Waals surface area contributed by atoms with Crippen LogP contribution in [-0.4, -0.2) is 23.5 Å². The van der Waals surface area contributed by atoms with Crippen molar-refractivity contribution >= 4 is 20.7 Å². The van der Waals surface area contributed by atoms with E-state index < -0.39 is 10.3 Å². The highest BCUT2D eigenvalue weighted by Gasteiger charge is 2.10. The molecule has 1 aliphatic rings. The maximum absolute atomic E-state index is 10.8. The Morgan fingerprint density at radius 1 is 1.38 bits per heavy atom. The second kappa shape index (κ2) is 4.28. The van der Waals surface area contributed by atoms with Gasteiger partial charge in [-0.15, -0.1) is 0 Å². The highest BCUT2D eigenvalue weighted by atomic mass is 32.2. The molecule has 1 aromatic rings. The van der Waals surface area contributed by atoms with E-state index in [1.807, 2.05) is 0 Å². The summed E-state index contributed by atoms with van der Waals surface area (Å²) in [5.74, 6) is 0. The van der Waals surface area contributed by atoms with Crippen LogP contribution in [0.25, 0.3) is 5.57 Å². The first-order valence-corrected chi connectivity index (χ1v) is 5.54. The summed E-state index contributed by atoms with van der Waals surface area (Å²) in [7, 11) is -2.27. The maximum atomic E-state index is 10.8. The van der Waals surface area contributed by atoms with Gasteiger partial charge in [0.15, 0.2) is 0 Å². The second-order valence-corrected chi connectivity index (χ2v) is 4.11. The van der Waals surface area contributed by atoms with Crippen LogP contribution in [0.1, 0.15) is 12.1 Å². The Bertz CT molecular complexity index is 637. The van der Waals surface area contributed by atoms with E-state index in [0.717, 1.165) is 5.57 Å². The Balaban J connectivity index is 2.41. The second-order valence-electron chi connectivity index (χ2n) is 3.14. The molecule has 0 saturated heterocycles. The first kappa shape index (κ1) is 10.6. The predicted molar refractivity (Wildman–Crippen MR) is 59.2 cm³/mol. The van der Waals surface area contributed by atoms with Crippen LogP contribution in [0, 0.1) is 6.08 Å². The van der Waals surface area contributed by atoms with Gasteiger partial charge in [-0.25, -0.2) is 5.10 Å². The summed E-state index contributed by atoms with van der Waals surface area (Å²) >= 11 is 0.